The topological polar surface area (TPSA) is 93.2 Å². The number of nitrogens with one attached hydrogen (secondary N) is 1. The van der Waals surface area contributed by atoms with Crippen LogP contribution in [0.5, 0.6) is 11.5 Å². The molecule has 0 atom stereocenters. The average molecular weight is 456 g/mol. The first-order valence-corrected chi connectivity index (χ1v) is 11.1. The maximum Gasteiger partial charge on any atom is 0.255 e. The van der Waals surface area contributed by atoms with Gasteiger partial charge in [-0.2, -0.15) is 0 Å². The Morgan fingerprint density at radius 1 is 1.00 bits per heavy atom. The van der Waals surface area contributed by atoms with Gasteiger partial charge >= 0.3 is 0 Å². The third-order valence-corrected chi connectivity index (χ3v) is 6.01. The molecule has 1 aliphatic rings. The van der Waals surface area contributed by atoms with Crippen LogP contribution in [0.25, 0.3) is 22.6 Å². The number of aromatic amines is 1. The van der Waals surface area contributed by atoms with Crippen LogP contribution in [0.2, 0.25) is 0 Å². The highest BCUT2D eigenvalue weighted by atomic mass is 16.5. The highest BCUT2D eigenvalue weighted by Crippen LogP contribution is 2.31. The van der Waals surface area contributed by atoms with Crippen molar-refractivity contribution in [2.45, 2.75) is 19.5 Å². The monoisotopic (exact) mass is 455 g/mol. The van der Waals surface area contributed by atoms with Crippen molar-refractivity contribution in [1.29, 1.82) is 0 Å². The van der Waals surface area contributed by atoms with Crippen LogP contribution >= 0.6 is 0 Å². The Morgan fingerprint density at radius 3 is 2.56 bits per heavy atom. The minimum Gasteiger partial charge on any atom is -0.493 e. The van der Waals surface area contributed by atoms with E-state index in [-0.39, 0.29) is 5.56 Å². The summed E-state index contributed by atoms with van der Waals surface area (Å²) in [5, 5.41) is 0. The average Bonchev–Trinajstić information content (AvgIpc) is 2.89. The van der Waals surface area contributed by atoms with Crippen molar-refractivity contribution in [2.75, 3.05) is 20.8 Å². The van der Waals surface area contributed by atoms with E-state index >= 15 is 0 Å². The largest absolute Gasteiger partial charge is 0.493 e. The summed E-state index contributed by atoms with van der Waals surface area (Å²) in [5.41, 5.74) is 5.29. The molecule has 0 radical (unpaired) electrons. The van der Waals surface area contributed by atoms with Gasteiger partial charge < -0.3 is 14.5 Å². The van der Waals surface area contributed by atoms with Crippen molar-refractivity contribution in [2.24, 2.45) is 0 Å². The molecule has 1 aromatic carbocycles. The van der Waals surface area contributed by atoms with Gasteiger partial charge in [-0.25, -0.2) is 4.98 Å². The number of pyridine rings is 2. The number of hydrogen-bond donors (Lipinski definition) is 1. The molecule has 8 nitrogen and oxygen atoms in total. The van der Waals surface area contributed by atoms with Crippen LogP contribution in [-0.4, -0.2) is 45.6 Å². The number of methoxy groups -OCH3 is 2. The number of fused-ring (bicyclic) bond motifs is 1. The molecule has 0 amide bonds. The number of aromatic nitrogens is 4. The molecule has 4 heterocycles. The Balaban J connectivity index is 1.30. The molecular formula is C26H25N5O3. The van der Waals surface area contributed by atoms with Crippen LogP contribution in [0.4, 0.5) is 0 Å². The van der Waals surface area contributed by atoms with Crippen molar-refractivity contribution in [3.05, 3.63) is 88.2 Å². The second kappa shape index (κ2) is 9.44. The number of nitrogens with zero attached hydrogens (tertiary/aromatic N) is 4. The van der Waals surface area contributed by atoms with Crippen molar-refractivity contribution < 1.29 is 9.47 Å². The summed E-state index contributed by atoms with van der Waals surface area (Å²) in [6.07, 6.45) is 6.01. The Kier molecular flexibility index (Phi) is 6.05. The first-order chi connectivity index (χ1) is 16.6. The first kappa shape index (κ1) is 21.8. The fraction of sp³-hybridized carbons (Fsp3) is 0.231. The van der Waals surface area contributed by atoms with Crippen LogP contribution in [0, 0.1) is 0 Å². The van der Waals surface area contributed by atoms with E-state index in [9.17, 15) is 4.79 Å². The lowest BCUT2D eigenvalue weighted by Crippen LogP contribution is -2.35. The molecule has 8 heteroatoms. The van der Waals surface area contributed by atoms with Gasteiger partial charge in [-0.3, -0.25) is 19.7 Å². The van der Waals surface area contributed by atoms with Crippen molar-refractivity contribution in [3.63, 3.8) is 0 Å². The maximum absolute atomic E-state index is 12.8. The molecule has 1 N–H and O–H groups in total. The molecule has 1 aliphatic heterocycles. The van der Waals surface area contributed by atoms with Crippen LogP contribution in [-0.2, 0) is 19.5 Å². The first-order valence-electron chi connectivity index (χ1n) is 11.1. The van der Waals surface area contributed by atoms with E-state index in [2.05, 4.69) is 25.9 Å². The number of rotatable bonds is 6. The molecule has 34 heavy (non-hydrogen) atoms. The van der Waals surface area contributed by atoms with Crippen LogP contribution in [0.1, 0.15) is 16.8 Å². The molecule has 0 fully saturated rings. The zero-order chi connectivity index (χ0) is 23.5. The molecule has 4 aromatic rings. The van der Waals surface area contributed by atoms with E-state index in [0.29, 0.717) is 30.4 Å². The zero-order valence-electron chi connectivity index (χ0n) is 19.1. The second-order valence-corrected chi connectivity index (χ2v) is 8.16. The van der Waals surface area contributed by atoms with E-state index in [1.807, 2.05) is 42.6 Å². The van der Waals surface area contributed by atoms with Crippen LogP contribution < -0.4 is 15.0 Å². The van der Waals surface area contributed by atoms with E-state index < -0.39 is 0 Å². The molecule has 0 saturated heterocycles. The Hall–Kier alpha value is -4.04. The predicted molar refractivity (Wildman–Crippen MR) is 129 cm³/mol. The molecule has 3 aromatic heterocycles. The fourth-order valence-electron chi connectivity index (χ4n) is 4.20. The van der Waals surface area contributed by atoms with E-state index in [1.165, 1.54) is 0 Å². The minimum absolute atomic E-state index is 0.0801. The normalized spacial score (nSPS) is 13.4. The van der Waals surface area contributed by atoms with Gasteiger partial charge in [0.25, 0.3) is 5.56 Å². The lowest BCUT2D eigenvalue weighted by atomic mass is 10.1. The summed E-state index contributed by atoms with van der Waals surface area (Å²) in [4.78, 5) is 31.3. The lowest BCUT2D eigenvalue weighted by Gasteiger charge is -2.27. The van der Waals surface area contributed by atoms with Crippen LogP contribution in [0.15, 0.2) is 65.8 Å². The highest BCUT2D eigenvalue weighted by Gasteiger charge is 2.21. The molecular weight excluding hydrogens is 430 g/mol. The SMILES string of the molecule is COc1ccc(-c2ccc(CN3CCc4nc(-c5ccncc5)[nH]c(=O)c4C3)cn2)cc1OC. The minimum atomic E-state index is -0.0801. The third-order valence-electron chi connectivity index (χ3n) is 6.01. The number of ether oxygens (including phenoxy) is 2. The smallest absolute Gasteiger partial charge is 0.255 e. The van der Waals surface area contributed by atoms with E-state index in [1.54, 1.807) is 26.6 Å². The molecule has 172 valence electrons. The van der Waals surface area contributed by atoms with Crippen LogP contribution in [0.3, 0.4) is 0 Å². The standard InChI is InChI=1S/C26H25N5O3/c1-33-23-6-4-19(13-24(23)34-2)21-5-3-17(14-28-21)15-31-12-9-22-20(16-31)26(32)30-25(29-22)18-7-10-27-11-8-18/h3-8,10-11,13-14H,9,12,15-16H2,1-2H3,(H,29,30,32). The Bertz CT molecular complexity index is 1350. The van der Waals surface area contributed by atoms with Gasteiger partial charge in [-0.05, 0) is 42.0 Å². The lowest BCUT2D eigenvalue weighted by molar-refractivity contribution is 0.241. The Labute approximate surface area is 197 Å². The van der Waals surface area contributed by atoms with Gasteiger partial charge in [0.15, 0.2) is 11.5 Å². The third kappa shape index (κ3) is 4.40. The van der Waals surface area contributed by atoms with Gasteiger partial charge in [0.05, 0.1) is 31.2 Å². The summed E-state index contributed by atoms with van der Waals surface area (Å²) in [6, 6.07) is 13.5. The summed E-state index contributed by atoms with van der Waals surface area (Å²) >= 11 is 0. The van der Waals surface area contributed by atoms with Gasteiger partial charge in [-0.1, -0.05) is 6.07 Å². The number of benzene rings is 1. The summed E-state index contributed by atoms with van der Waals surface area (Å²) < 4.78 is 10.7. The molecule has 0 spiro atoms. The quantitative estimate of drug-likeness (QED) is 0.476. The van der Waals surface area contributed by atoms with E-state index in [4.69, 9.17) is 14.5 Å². The van der Waals surface area contributed by atoms with Gasteiger partial charge in [0, 0.05) is 55.8 Å². The van der Waals surface area contributed by atoms with Gasteiger partial charge in [0.1, 0.15) is 5.82 Å². The Morgan fingerprint density at radius 2 is 1.82 bits per heavy atom. The number of hydrogen-bond acceptors (Lipinski definition) is 7. The molecule has 0 unspecified atom stereocenters. The fourth-order valence-corrected chi connectivity index (χ4v) is 4.20. The van der Waals surface area contributed by atoms with Gasteiger partial charge in [-0.15, -0.1) is 0 Å². The highest BCUT2D eigenvalue weighted by molar-refractivity contribution is 5.64. The van der Waals surface area contributed by atoms with Crippen molar-refractivity contribution in [3.8, 4) is 34.1 Å². The molecule has 0 bridgehead atoms. The summed E-state index contributed by atoms with van der Waals surface area (Å²) in [6.45, 7) is 2.10. The molecule has 0 saturated carbocycles. The van der Waals surface area contributed by atoms with Crippen molar-refractivity contribution >= 4 is 0 Å². The predicted octanol–water partition coefficient (Wildman–Crippen LogP) is 3.47. The zero-order valence-corrected chi connectivity index (χ0v) is 19.1. The summed E-state index contributed by atoms with van der Waals surface area (Å²) in [5.74, 6) is 1.95. The molecule has 5 rings (SSSR count). The molecule has 0 aliphatic carbocycles. The second-order valence-electron chi connectivity index (χ2n) is 8.16. The summed E-state index contributed by atoms with van der Waals surface area (Å²) in [7, 11) is 3.24. The maximum atomic E-state index is 12.8. The van der Waals surface area contributed by atoms with Gasteiger partial charge in [0.2, 0.25) is 0 Å². The van der Waals surface area contributed by atoms with Crippen molar-refractivity contribution in [1.82, 2.24) is 24.8 Å². The number of H-pyrrole nitrogens is 1. The van der Waals surface area contributed by atoms with E-state index in [0.717, 1.165) is 46.6 Å².